The summed E-state index contributed by atoms with van der Waals surface area (Å²) in [6.07, 6.45) is 6.81. The minimum Gasteiger partial charge on any atom is -0.481 e. The highest BCUT2D eigenvalue weighted by Gasteiger charge is 2.25. The zero-order valence-corrected chi connectivity index (χ0v) is 17.5. The standard InChI is InChI=1S/C16H19ClFN3.2C2H4O2/c1-2-11-10-12(6-7-19-11)21-9-8-20-16(21)15-13(17)4-3-5-14(15)18;2*1-2(3)4/h3-5,8-9,11-12,19H,2,6-7,10H2,1H3;2*1H3,(H,3,4)/t11-,12-;;/m1../s1. The van der Waals surface area contributed by atoms with Crippen LogP contribution in [0, 0.1) is 5.82 Å². The summed E-state index contributed by atoms with van der Waals surface area (Å²) < 4.78 is 16.2. The lowest BCUT2D eigenvalue weighted by atomic mass is 9.97. The lowest BCUT2D eigenvalue weighted by Gasteiger charge is -2.31. The largest absolute Gasteiger partial charge is 0.481 e. The van der Waals surface area contributed by atoms with Gasteiger partial charge in [-0.25, -0.2) is 9.37 Å². The molecule has 0 unspecified atom stereocenters. The molecule has 0 amide bonds. The Hall–Kier alpha value is -2.45. The van der Waals surface area contributed by atoms with Gasteiger partial charge in [0.05, 0.1) is 10.6 Å². The van der Waals surface area contributed by atoms with Crippen LogP contribution < -0.4 is 5.32 Å². The van der Waals surface area contributed by atoms with E-state index in [9.17, 15) is 4.39 Å². The van der Waals surface area contributed by atoms with Crippen molar-refractivity contribution in [3.8, 4) is 11.4 Å². The van der Waals surface area contributed by atoms with Crippen molar-refractivity contribution in [2.75, 3.05) is 6.54 Å². The Balaban J connectivity index is 0.000000452. The molecule has 0 bridgehead atoms. The van der Waals surface area contributed by atoms with Crippen LogP contribution in [-0.2, 0) is 9.59 Å². The molecule has 1 saturated heterocycles. The molecule has 2 atom stereocenters. The van der Waals surface area contributed by atoms with Gasteiger partial charge in [-0.3, -0.25) is 9.59 Å². The Bertz CT molecular complexity index is 773. The molecule has 3 N–H and O–H groups in total. The number of aliphatic carboxylic acids is 2. The molecule has 7 nitrogen and oxygen atoms in total. The van der Waals surface area contributed by atoms with Crippen molar-refractivity contribution in [3.05, 3.63) is 41.4 Å². The minimum absolute atomic E-state index is 0.323. The number of hydrogen-bond acceptors (Lipinski definition) is 4. The fraction of sp³-hybridized carbons (Fsp3) is 0.450. The molecule has 2 aromatic rings. The van der Waals surface area contributed by atoms with Crippen LogP contribution in [0.3, 0.4) is 0 Å². The zero-order valence-electron chi connectivity index (χ0n) is 16.7. The number of rotatable bonds is 3. The first-order chi connectivity index (χ1) is 13.7. The van der Waals surface area contributed by atoms with Crippen molar-refractivity contribution >= 4 is 23.5 Å². The summed E-state index contributed by atoms with van der Waals surface area (Å²) in [5.74, 6) is -1.37. The molecule has 1 aromatic heterocycles. The summed E-state index contributed by atoms with van der Waals surface area (Å²) in [5.41, 5.74) is 0.399. The molecule has 0 aliphatic carbocycles. The van der Waals surface area contributed by atoms with E-state index in [4.69, 9.17) is 31.4 Å². The summed E-state index contributed by atoms with van der Waals surface area (Å²) in [7, 11) is 0. The van der Waals surface area contributed by atoms with Gasteiger partial charge in [-0.1, -0.05) is 24.6 Å². The third-order valence-electron chi connectivity index (χ3n) is 4.21. The molecule has 1 aliphatic rings. The van der Waals surface area contributed by atoms with Crippen LogP contribution in [0.25, 0.3) is 11.4 Å². The van der Waals surface area contributed by atoms with E-state index in [2.05, 4.69) is 21.8 Å². The summed E-state index contributed by atoms with van der Waals surface area (Å²) in [4.78, 5) is 22.4. The fourth-order valence-electron chi connectivity index (χ4n) is 3.06. The maximum Gasteiger partial charge on any atom is 0.300 e. The number of aromatic nitrogens is 2. The van der Waals surface area contributed by atoms with Crippen LogP contribution in [-0.4, -0.2) is 44.3 Å². The summed E-state index contributed by atoms with van der Waals surface area (Å²) in [5, 5.41) is 18.7. The van der Waals surface area contributed by atoms with Gasteiger partial charge in [0.25, 0.3) is 11.9 Å². The predicted octanol–water partition coefficient (Wildman–Crippen LogP) is 4.23. The van der Waals surface area contributed by atoms with Crippen molar-refractivity contribution in [3.63, 3.8) is 0 Å². The number of piperidine rings is 1. The first kappa shape index (κ1) is 24.6. The van der Waals surface area contributed by atoms with Crippen LogP contribution in [0.5, 0.6) is 0 Å². The molecule has 1 fully saturated rings. The SMILES string of the molecule is CC(=O)O.CC(=O)O.CC[C@@H]1C[C@H](n2ccnc2-c2c(F)cccc2Cl)CCN1. The van der Waals surface area contributed by atoms with Crippen molar-refractivity contribution in [1.82, 2.24) is 14.9 Å². The van der Waals surface area contributed by atoms with Gasteiger partial charge in [-0.2, -0.15) is 0 Å². The topological polar surface area (TPSA) is 104 Å². The van der Waals surface area contributed by atoms with Crippen molar-refractivity contribution < 1.29 is 24.2 Å². The fourth-order valence-corrected chi connectivity index (χ4v) is 3.31. The van der Waals surface area contributed by atoms with Gasteiger partial charge in [-0.05, 0) is 37.9 Å². The monoisotopic (exact) mass is 427 g/mol. The Labute approximate surface area is 174 Å². The van der Waals surface area contributed by atoms with E-state index in [1.54, 1.807) is 18.3 Å². The van der Waals surface area contributed by atoms with Crippen molar-refractivity contribution in [1.29, 1.82) is 0 Å². The lowest BCUT2D eigenvalue weighted by Crippen LogP contribution is -2.38. The molecule has 1 aliphatic heterocycles. The Morgan fingerprint density at radius 3 is 2.48 bits per heavy atom. The highest BCUT2D eigenvalue weighted by molar-refractivity contribution is 6.33. The second-order valence-electron chi connectivity index (χ2n) is 6.53. The van der Waals surface area contributed by atoms with Crippen LogP contribution in [0.2, 0.25) is 5.02 Å². The predicted molar refractivity (Wildman–Crippen MR) is 110 cm³/mol. The van der Waals surface area contributed by atoms with E-state index in [1.165, 1.54) is 6.07 Å². The molecule has 0 spiro atoms. The first-order valence-electron chi connectivity index (χ1n) is 9.26. The summed E-state index contributed by atoms with van der Waals surface area (Å²) in [6, 6.07) is 5.60. The number of benzene rings is 1. The lowest BCUT2D eigenvalue weighted by molar-refractivity contribution is -0.135. The quantitative estimate of drug-likeness (QED) is 0.677. The van der Waals surface area contributed by atoms with Gasteiger partial charge >= 0.3 is 0 Å². The van der Waals surface area contributed by atoms with E-state index in [0.717, 1.165) is 39.7 Å². The van der Waals surface area contributed by atoms with E-state index < -0.39 is 11.9 Å². The third-order valence-corrected chi connectivity index (χ3v) is 4.52. The number of imidazole rings is 1. The smallest absolute Gasteiger partial charge is 0.300 e. The van der Waals surface area contributed by atoms with Crippen molar-refractivity contribution in [2.45, 2.75) is 52.1 Å². The minimum atomic E-state index is -0.833. The number of nitrogens with one attached hydrogen (secondary N) is 1. The molecule has 29 heavy (non-hydrogen) atoms. The average Bonchev–Trinajstić information content (AvgIpc) is 3.10. The van der Waals surface area contributed by atoms with Crippen molar-refractivity contribution in [2.24, 2.45) is 0 Å². The summed E-state index contributed by atoms with van der Waals surface area (Å²) in [6.45, 7) is 5.33. The average molecular weight is 428 g/mol. The van der Waals surface area contributed by atoms with Gasteiger partial charge in [0.1, 0.15) is 11.6 Å². The first-order valence-corrected chi connectivity index (χ1v) is 9.64. The van der Waals surface area contributed by atoms with E-state index in [0.29, 0.717) is 28.5 Å². The van der Waals surface area contributed by atoms with Gasteiger partial charge < -0.3 is 20.1 Å². The molecule has 160 valence electrons. The van der Waals surface area contributed by atoms with Gasteiger partial charge in [0.2, 0.25) is 0 Å². The molecular formula is C20H27ClFN3O4. The Kier molecular flexibility index (Phi) is 10.3. The van der Waals surface area contributed by atoms with Crippen LogP contribution in [0.15, 0.2) is 30.6 Å². The maximum absolute atomic E-state index is 14.2. The number of carboxylic acids is 2. The van der Waals surface area contributed by atoms with Gasteiger partial charge in [0.15, 0.2) is 0 Å². The second kappa shape index (κ2) is 12.2. The molecule has 0 saturated carbocycles. The summed E-state index contributed by atoms with van der Waals surface area (Å²) >= 11 is 6.18. The number of halogens is 2. The normalized spacial score (nSPS) is 18.0. The number of nitrogens with zero attached hydrogens (tertiary/aromatic N) is 2. The van der Waals surface area contributed by atoms with E-state index in [-0.39, 0.29) is 5.82 Å². The van der Waals surface area contributed by atoms with Gasteiger partial charge in [0, 0.05) is 38.3 Å². The number of carbonyl (C=O) groups is 2. The van der Waals surface area contributed by atoms with Crippen LogP contribution in [0.4, 0.5) is 4.39 Å². The van der Waals surface area contributed by atoms with Crippen LogP contribution >= 0.6 is 11.6 Å². The molecule has 0 radical (unpaired) electrons. The molecular weight excluding hydrogens is 401 g/mol. The highest BCUT2D eigenvalue weighted by atomic mass is 35.5. The highest BCUT2D eigenvalue weighted by Crippen LogP contribution is 2.33. The van der Waals surface area contributed by atoms with E-state index >= 15 is 0 Å². The Morgan fingerprint density at radius 2 is 1.93 bits per heavy atom. The third kappa shape index (κ3) is 8.21. The van der Waals surface area contributed by atoms with Crippen LogP contribution in [0.1, 0.15) is 46.1 Å². The molecule has 1 aromatic carbocycles. The molecule has 3 rings (SSSR count). The Morgan fingerprint density at radius 1 is 1.31 bits per heavy atom. The molecule has 2 heterocycles. The zero-order chi connectivity index (χ0) is 22.0. The van der Waals surface area contributed by atoms with Gasteiger partial charge in [-0.15, -0.1) is 0 Å². The number of hydrogen-bond donors (Lipinski definition) is 3. The second-order valence-corrected chi connectivity index (χ2v) is 6.94. The van der Waals surface area contributed by atoms with E-state index in [1.807, 2.05) is 6.20 Å². The molecule has 9 heteroatoms. The number of carboxylic acid groups (broad SMARTS) is 2. The maximum atomic E-state index is 14.2.